The van der Waals surface area contributed by atoms with Crippen molar-refractivity contribution in [2.45, 2.75) is 12.8 Å². The van der Waals surface area contributed by atoms with Crippen molar-refractivity contribution in [2.75, 3.05) is 23.3 Å². The minimum Gasteiger partial charge on any atom is -0.367 e. The van der Waals surface area contributed by atoms with E-state index in [-0.39, 0.29) is 18.0 Å². The highest BCUT2D eigenvalue weighted by Crippen LogP contribution is 2.23. The van der Waals surface area contributed by atoms with Crippen molar-refractivity contribution in [3.05, 3.63) is 76.1 Å². The highest BCUT2D eigenvalue weighted by atomic mass is 19.1. The van der Waals surface area contributed by atoms with Crippen LogP contribution < -0.4 is 21.1 Å². The number of nitro groups is 1. The summed E-state index contributed by atoms with van der Waals surface area (Å²) < 4.78 is 12.8. The normalized spacial score (nSPS) is 13.2. The van der Waals surface area contributed by atoms with Gasteiger partial charge in [0.2, 0.25) is 5.91 Å². The highest BCUT2D eigenvalue weighted by molar-refractivity contribution is 5.91. The lowest BCUT2D eigenvalue weighted by molar-refractivity contribution is -0.384. The van der Waals surface area contributed by atoms with E-state index in [1.807, 2.05) is 6.08 Å². The molecule has 2 aromatic rings. The first-order valence-electron chi connectivity index (χ1n) is 9.19. The Hall–Kier alpha value is -3.95. The van der Waals surface area contributed by atoms with E-state index in [1.165, 1.54) is 36.4 Å². The second kappa shape index (κ2) is 9.50. The van der Waals surface area contributed by atoms with Gasteiger partial charge in [-0.3, -0.25) is 20.3 Å². The molecule has 1 heterocycles. The fourth-order valence-electron chi connectivity index (χ4n) is 2.96. The van der Waals surface area contributed by atoms with Crippen LogP contribution >= 0.6 is 0 Å². The molecule has 0 spiro atoms. The van der Waals surface area contributed by atoms with Crippen LogP contribution in [-0.2, 0) is 4.79 Å². The summed E-state index contributed by atoms with van der Waals surface area (Å²) in [7, 11) is 0. The van der Waals surface area contributed by atoms with Crippen molar-refractivity contribution < 1.29 is 18.9 Å². The van der Waals surface area contributed by atoms with Crippen LogP contribution in [0.25, 0.3) is 0 Å². The molecule has 156 valence electrons. The van der Waals surface area contributed by atoms with E-state index >= 15 is 0 Å². The molecule has 0 bridgehead atoms. The van der Waals surface area contributed by atoms with Crippen molar-refractivity contribution in [3.8, 4) is 0 Å². The van der Waals surface area contributed by atoms with E-state index in [4.69, 9.17) is 0 Å². The molecule has 10 heteroatoms. The van der Waals surface area contributed by atoms with Crippen LogP contribution in [0.4, 0.5) is 26.2 Å². The Morgan fingerprint density at radius 3 is 2.37 bits per heavy atom. The molecule has 3 rings (SSSR count). The van der Waals surface area contributed by atoms with E-state index in [2.05, 4.69) is 21.1 Å². The van der Waals surface area contributed by atoms with Gasteiger partial charge in [0, 0.05) is 43.0 Å². The summed E-state index contributed by atoms with van der Waals surface area (Å²) in [5, 5.41) is 13.2. The van der Waals surface area contributed by atoms with Crippen molar-refractivity contribution in [1.82, 2.24) is 10.9 Å². The van der Waals surface area contributed by atoms with Gasteiger partial charge in [0.1, 0.15) is 5.82 Å². The standard InChI is InChI=1S/C20H20FN5O4/c21-15-1-3-16(4-2-15)22-20(28)24-23-19(27)13-14-9-11-25(12-10-14)17-5-7-18(8-6-17)26(29)30/h1-9H,10-13H2,(H,23,27)(H2,22,24,28). The SMILES string of the molecule is O=C(CC1=CCN(c2ccc([N+](=O)[O-])cc2)CC1)NNC(=O)Nc1ccc(F)cc1. The number of benzene rings is 2. The van der Waals surface area contributed by atoms with Gasteiger partial charge in [-0.05, 0) is 42.8 Å². The molecule has 0 aromatic heterocycles. The van der Waals surface area contributed by atoms with Gasteiger partial charge in [-0.15, -0.1) is 0 Å². The van der Waals surface area contributed by atoms with Crippen LogP contribution in [-0.4, -0.2) is 30.0 Å². The van der Waals surface area contributed by atoms with Crippen molar-refractivity contribution >= 4 is 29.0 Å². The molecular formula is C20H20FN5O4. The summed E-state index contributed by atoms with van der Waals surface area (Å²) in [6.07, 6.45) is 2.74. The first kappa shape index (κ1) is 20.8. The lowest BCUT2D eigenvalue weighted by Gasteiger charge is -2.28. The van der Waals surface area contributed by atoms with Crippen LogP contribution in [0, 0.1) is 15.9 Å². The molecule has 1 aliphatic heterocycles. The van der Waals surface area contributed by atoms with E-state index in [0.29, 0.717) is 25.2 Å². The first-order chi connectivity index (χ1) is 14.4. The van der Waals surface area contributed by atoms with Gasteiger partial charge in [-0.25, -0.2) is 14.6 Å². The Morgan fingerprint density at radius 1 is 1.07 bits per heavy atom. The number of carbonyl (C=O) groups is 2. The summed E-state index contributed by atoms with van der Waals surface area (Å²) in [5.74, 6) is -0.776. The molecular weight excluding hydrogens is 393 g/mol. The molecule has 0 aliphatic carbocycles. The van der Waals surface area contributed by atoms with Gasteiger partial charge in [0.05, 0.1) is 4.92 Å². The van der Waals surface area contributed by atoms with Crippen molar-refractivity contribution in [3.63, 3.8) is 0 Å². The quantitative estimate of drug-likeness (QED) is 0.396. The van der Waals surface area contributed by atoms with E-state index in [0.717, 1.165) is 11.3 Å². The molecule has 9 nitrogen and oxygen atoms in total. The Morgan fingerprint density at radius 2 is 1.77 bits per heavy atom. The molecule has 2 aromatic carbocycles. The topological polar surface area (TPSA) is 117 Å². The second-order valence-electron chi connectivity index (χ2n) is 6.64. The van der Waals surface area contributed by atoms with Crippen molar-refractivity contribution in [2.24, 2.45) is 0 Å². The average molecular weight is 413 g/mol. The van der Waals surface area contributed by atoms with Crippen LogP contribution in [0.15, 0.2) is 60.2 Å². The third-order valence-electron chi connectivity index (χ3n) is 4.53. The second-order valence-corrected chi connectivity index (χ2v) is 6.64. The minimum atomic E-state index is -0.642. The largest absolute Gasteiger partial charge is 0.367 e. The number of hydrazine groups is 1. The number of nitro benzene ring substituents is 1. The van der Waals surface area contributed by atoms with Crippen LogP contribution in [0.3, 0.4) is 0 Å². The monoisotopic (exact) mass is 413 g/mol. The summed E-state index contributed by atoms with van der Waals surface area (Å²) in [5.41, 5.74) is 6.82. The number of nitrogens with one attached hydrogen (secondary N) is 3. The Labute approximate surface area is 171 Å². The van der Waals surface area contributed by atoms with Crippen LogP contribution in [0.2, 0.25) is 0 Å². The number of non-ortho nitro benzene ring substituents is 1. The Bertz CT molecular complexity index is 960. The zero-order valence-electron chi connectivity index (χ0n) is 15.9. The third-order valence-corrected chi connectivity index (χ3v) is 4.53. The Kier molecular flexibility index (Phi) is 6.58. The molecule has 0 atom stereocenters. The van der Waals surface area contributed by atoms with Crippen molar-refractivity contribution in [1.29, 1.82) is 0 Å². The molecule has 1 aliphatic rings. The number of hydrogen-bond donors (Lipinski definition) is 3. The molecule has 0 fully saturated rings. The van der Waals surface area contributed by atoms with Crippen LogP contribution in [0.5, 0.6) is 0 Å². The maximum absolute atomic E-state index is 12.8. The lowest BCUT2D eigenvalue weighted by atomic mass is 10.0. The third kappa shape index (κ3) is 5.77. The smallest absolute Gasteiger partial charge is 0.337 e. The molecule has 30 heavy (non-hydrogen) atoms. The van der Waals surface area contributed by atoms with E-state index < -0.39 is 16.8 Å². The number of anilines is 2. The molecule has 0 unspecified atom stereocenters. The maximum Gasteiger partial charge on any atom is 0.337 e. The zero-order valence-corrected chi connectivity index (χ0v) is 15.9. The lowest BCUT2D eigenvalue weighted by Crippen LogP contribution is -2.44. The van der Waals surface area contributed by atoms with Gasteiger partial charge >= 0.3 is 6.03 Å². The fraction of sp³-hybridized carbons (Fsp3) is 0.200. The van der Waals surface area contributed by atoms with Gasteiger partial charge in [-0.2, -0.15) is 0 Å². The van der Waals surface area contributed by atoms with Crippen LogP contribution in [0.1, 0.15) is 12.8 Å². The summed E-state index contributed by atoms with van der Waals surface area (Å²) in [6, 6.07) is 10.9. The zero-order chi connectivity index (χ0) is 21.5. The van der Waals surface area contributed by atoms with Gasteiger partial charge in [-0.1, -0.05) is 11.6 Å². The van der Waals surface area contributed by atoms with Gasteiger partial charge < -0.3 is 10.2 Å². The number of hydrogen-bond acceptors (Lipinski definition) is 5. The van der Waals surface area contributed by atoms with E-state index in [1.54, 1.807) is 12.1 Å². The maximum atomic E-state index is 12.8. The van der Waals surface area contributed by atoms with Gasteiger partial charge in [0.25, 0.3) is 5.69 Å². The summed E-state index contributed by atoms with van der Waals surface area (Å²) in [4.78, 5) is 36.2. The molecule has 0 saturated carbocycles. The summed E-state index contributed by atoms with van der Waals surface area (Å²) in [6.45, 7) is 1.26. The average Bonchev–Trinajstić information content (AvgIpc) is 2.74. The number of carbonyl (C=O) groups excluding carboxylic acids is 2. The highest BCUT2D eigenvalue weighted by Gasteiger charge is 2.16. The minimum absolute atomic E-state index is 0.0413. The Balaban J connectivity index is 1.43. The number of halogens is 1. The van der Waals surface area contributed by atoms with E-state index in [9.17, 15) is 24.1 Å². The fourth-order valence-corrected chi connectivity index (χ4v) is 2.96. The molecule has 3 N–H and O–H groups in total. The molecule has 0 saturated heterocycles. The first-order valence-corrected chi connectivity index (χ1v) is 9.19. The molecule has 0 radical (unpaired) electrons. The molecule has 3 amide bonds. The number of rotatable bonds is 5. The predicted molar refractivity (Wildman–Crippen MR) is 109 cm³/mol. The number of amides is 3. The summed E-state index contributed by atoms with van der Waals surface area (Å²) >= 11 is 0. The predicted octanol–water partition coefficient (Wildman–Crippen LogP) is 3.11. The number of urea groups is 1. The number of nitrogens with zero attached hydrogens (tertiary/aromatic N) is 2. The van der Waals surface area contributed by atoms with Gasteiger partial charge in [0.15, 0.2) is 0 Å².